The molecule has 1 amide bonds. The number of aromatic amines is 1. The number of hydrogen-bond acceptors (Lipinski definition) is 6. The fourth-order valence-corrected chi connectivity index (χ4v) is 7.13. The van der Waals surface area contributed by atoms with E-state index < -0.39 is 5.41 Å². The van der Waals surface area contributed by atoms with Gasteiger partial charge in [-0.1, -0.05) is 48.2 Å². The largest absolute Gasteiger partial charge is 0.385 e. The summed E-state index contributed by atoms with van der Waals surface area (Å²) in [6, 6.07) is 12.9. The van der Waals surface area contributed by atoms with Gasteiger partial charge >= 0.3 is 0 Å². The molecule has 2 atom stereocenters. The number of fused-ring (bicyclic) bond motifs is 2. The van der Waals surface area contributed by atoms with Crippen molar-refractivity contribution < 1.29 is 4.79 Å². The third-order valence-electron chi connectivity index (χ3n) is 9.06. The van der Waals surface area contributed by atoms with E-state index in [1.165, 1.54) is 47.2 Å². The molecule has 41 heavy (non-hydrogen) atoms. The Kier molecular flexibility index (Phi) is 8.88. The average Bonchev–Trinajstić information content (AvgIpc) is 3.49. The molecule has 8 heteroatoms. The number of rotatable bonds is 9. The van der Waals surface area contributed by atoms with E-state index in [0.29, 0.717) is 30.3 Å². The van der Waals surface area contributed by atoms with E-state index in [1.54, 1.807) is 0 Å². The maximum atomic E-state index is 12.9. The zero-order valence-corrected chi connectivity index (χ0v) is 25.0. The predicted molar refractivity (Wildman–Crippen MR) is 163 cm³/mol. The Morgan fingerprint density at radius 1 is 0.976 bits per heavy atom. The van der Waals surface area contributed by atoms with Crippen LogP contribution in [0.4, 0.5) is 0 Å². The summed E-state index contributed by atoms with van der Waals surface area (Å²) in [5, 5.41) is 22.6. The summed E-state index contributed by atoms with van der Waals surface area (Å²) in [5.74, 6) is 1.05. The number of benzene rings is 2. The number of nitrogens with two attached hydrogens (primary N) is 1. The minimum Gasteiger partial charge on any atom is -0.385 e. The number of aryl methyl sites for hydroxylation is 2. The molecule has 8 nitrogen and oxygen atoms in total. The number of carbonyl (C=O) groups is 1. The van der Waals surface area contributed by atoms with Crippen LogP contribution in [0.1, 0.15) is 110 Å². The molecular weight excluding hydrogens is 510 g/mol. The zero-order valence-electron chi connectivity index (χ0n) is 25.0. The molecule has 1 aromatic heterocycles. The Balaban J connectivity index is 1.73. The lowest BCUT2D eigenvalue weighted by molar-refractivity contribution is 0.0955. The molecule has 5 N–H and O–H groups in total. The second-order valence-corrected chi connectivity index (χ2v) is 11.9. The van der Waals surface area contributed by atoms with E-state index in [0.717, 1.165) is 43.4 Å². The lowest BCUT2D eigenvalue weighted by atomic mass is 9.65. The number of carbonyl (C=O) groups excluding carboxylic acids is 1. The van der Waals surface area contributed by atoms with Crippen molar-refractivity contribution in [1.82, 2.24) is 31.3 Å². The van der Waals surface area contributed by atoms with E-state index in [4.69, 9.17) is 5.73 Å². The van der Waals surface area contributed by atoms with Gasteiger partial charge in [0.25, 0.3) is 5.91 Å². The van der Waals surface area contributed by atoms with Gasteiger partial charge in [0.2, 0.25) is 0 Å². The van der Waals surface area contributed by atoms with E-state index >= 15 is 0 Å². The SMILES string of the molecule is CCNC(=O)c1ccc2c(c1)CCc1cc(C(NCC)=C(C)C)ccc1C2(C[C@@H](N)C1CCCCC1)c1nn[nH]n1. The molecule has 2 aromatic carbocycles. The summed E-state index contributed by atoms with van der Waals surface area (Å²) in [7, 11) is 0. The maximum absolute atomic E-state index is 12.9. The summed E-state index contributed by atoms with van der Waals surface area (Å²) >= 11 is 0. The maximum Gasteiger partial charge on any atom is 0.251 e. The van der Waals surface area contributed by atoms with Crippen LogP contribution in [0, 0.1) is 5.92 Å². The number of amides is 1. The number of nitrogens with zero attached hydrogens (tertiary/aromatic N) is 3. The molecule has 1 fully saturated rings. The van der Waals surface area contributed by atoms with Gasteiger partial charge in [0.05, 0.1) is 5.41 Å². The third-order valence-corrected chi connectivity index (χ3v) is 9.06. The standard InChI is InChI=1S/C33H45N7O/c1-5-35-30(21(3)4)25-14-16-27-23(18-25)12-13-24-19-26(31(41)36-6-2)15-17-28(24)33(27,32-37-39-40-38-32)20-29(34)22-10-8-7-9-11-22/h14-19,22,29,35H,5-13,20,34H2,1-4H3,(H,36,41)(H,37,38,39,40)/t29-,33?/m1/s1. The zero-order chi connectivity index (χ0) is 29.0. The lowest BCUT2D eigenvalue weighted by Gasteiger charge is -2.39. The van der Waals surface area contributed by atoms with E-state index in [9.17, 15) is 4.79 Å². The Bertz CT molecular complexity index is 1390. The number of H-pyrrole nitrogens is 1. The molecule has 1 saturated carbocycles. The van der Waals surface area contributed by atoms with Crippen LogP contribution in [0.25, 0.3) is 5.70 Å². The fraction of sp³-hybridized carbons (Fsp3) is 0.515. The molecule has 1 heterocycles. The van der Waals surface area contributed by atoms with Crippen LogP contribution in [0.2, 0.25) is 0 Å². The molecule has 0 spiro atoms. The van der Waals surface area contributed by atoms with E-state index in [-0.39, 0.29) is 11.9 Å². The van der Waals surface area contributed by atoms with Crippen LogP contribution in [0.15, 0.2) is 42.0 Å². The molecule has 5 rings (SSSR count). The summed E-state index contributed by atoms with van der Waals surface area (Å²) in [5.41, 5.74) is 15.4. The molecule has 0 radical (unpaired) electrons. The highest BCUT2D eigenvalue weighted by Gasteiger charge is 2.46. The van der Waals surface area contributed by atoms with Crippen molar-refractivity contribution in [2.75, 3.05) is 13.1 Å². The van der Waals surface area contributed by atoms with Crippen molar-refractivity contribution in [1.29, 1.82) is 0 Å². The first kappa shape index (κ1) is 29.0. The molecule has 1 unspecified atom stereocenters. The van der Waals surface area contributed by atoms with Crippen LogP contribution < -0.4 is 16.4 Å². The molecular formula is C33H45N7O. The highest BCUT2D eigenvalue weighted by Crippen LogP contribution is 2.48. The van der Waals surface area contributed by atoms with Gasteiger partial charge in [-0.2, -0.15) is 5.21 Å². The highest BCUT2D eigenvalue weighted by molar-refractivity contribution is 5.94. The van der Waals surface area contributed by atoms with Gasteiger partial charge in [-0.05, 0) is 112 Å². The van der Waals surface area contributed by atoms with Gasteiger partial charge in [-0.3, -0.25) is 4.79 Å². The van der Waals surface area contributed by atoms with Gasteiger partial charge in [0.15, 0.2) is 5.82 Å². The van der Waals surface area contributed by atoms with Crippen LogP contribution in [0.3, 0.4) is 0 Å². The number of allylic oxidation sites excluding steroid dienone is 1. The molecule has 0 saturated heterocycles. The summed E-state index contributed by atoms with van der Waals surface area (Å²) in [6.45, 7) is 9.81. The second-order valence-electron chi connectivity index (χ2n) is 11.9. The van der Waals surface area contributed by atoms with Crippen molar-refractivity contribution >= 4 is 11.6 Å². The summed E-state index contributed by atoms with van der Waals surface area (Å²) in [4.78, 5) is 12.9. The third kappa shape index (κ3) is 5.67. The van der Waals surface area contributed by atoms with Gasteiger partial charge in [0, 0.05) is 30.4 Å². The molecule has 2 aliphatic rings. The smallest absolute Gasteiger partial charge is 0.251 e. The lowest BCUT2D eigenvalue weighted by Crippen LogP contribution is -2.43. The quantitative estimate of drug-likeness (QED) is 0.294. The van der Waals surface area contributed by atoms with Crippen LogP contribution >= 0.6 is 0 Å². The Morgan fingerprint density at radius 3 is 2.20 bits per heavy atom. The molecule has 218 valence electrons. The minimum atomic E-state index is -0.688. The topological polar surface area (TPSA) is 122 Å². The first-order chi connectivity index (χ1) is 19.9. The van der Waals surface area contributed by atoms with E-state index in [2.05, 4.69) is 82.4 Å². The highest BCUT2D eigenvalue weighted by atomic mass is 16.1. The van der Waals surface area contributed by atoms with Crippen molar-refractivity contribution in [2.24, 2.45) is 11.7 Å². The number of nitrogens with one attached hydrogen (secondary N) is 3. The fourth-order valence-electron chi connectivity index (χ4n) is 7.13. The first-order valence-corrected chi connectivity index (χ1v) is 15.3. The van der Waals surface area contributed by atoms with Crippen LogP contribution in [0.5, 0.6) is 0 Å². The van der Waals surface area contributed by atoms with Gasteiger partial charge in [-0.25, -0.2) is 0 Å². The Hall–Kier alpha value is -3.52. The van der Waals surface area contributed by atoms with Crippen LogP contribution in [-0.4, -0.2) is 45.7 Å². The van der Waals surface area contributed by atoms with Crippen molar-refractivity contribution in [2.45, 2.75) is 90.5 Å². The van der Waals surface area contributed by atoms with Crippen molar-refractivity contribution in [3.63, 3.8) is 0 Å². The molecule has 3 aromatic rings. The number of tetrazole rings is 1. The van der Waals surface area contributed by atoms with Gasteiger partial charge < -0.3 is 16.4 Å². The van der Waals surface area contributed by atoms with Crippen molar-refractivity contribution in [3.05, 3.63) is 81.2 Å². The molecule has 0 bridgehead atoms. The predicted octanol–water partition coefficient (Wildman–Crippen LogP) is 5.04. The number of aromatic nitrogens is 4. The van der Waals surface area contributed by atoms with Crippen molar-refractivity contribution in [3.8, 4) is 0 Å². The molecule has 0 aliphatic heterocycles. The summed E-state index contributed by atoms with van der Waals surface area (Å²) in [6.07, 6.45) is 8.40. The normalized spacial score (nSPS) is 19.4. The first-order valence-electron chi connectivity index (χ1n) is 15.3. The summed E-state index contributed by atoms with van der Waals surface area (Å²) < 4.78 is 0. The number of hydrogen-bond donors (Lipinski definition) is 4. The van der Waals surface area contributed by atoms with Crippen LogP contribution in [-0.2, 0) is 18.3 Å². The average molecular weight is 556 g/mol. The Morgan fingerprint density at radius 2 is 1.61 bits per heavy atom. The monoisotopic (exact) mass is 555 g/mol. The Labute approximate surface area is 244 Å². The minimum absolute atomic E-state index is 0.0227. The molecule has 2 aliphatic carbocycles. The van der Waals surface area contributed by atoms with Gasteiger partial charge in [0.1, 0.15) is 0 Å². The van der Waals surface area contributed by atoms with Gasteiger partial charge in [-0.15, -0.1) is 10.2 Å². The second kappa shape index (κ2) is 12.6. The van der Waals surface area contributed by atoms with E-state index in [1.807, 2.05) is 13.0 Å².